The monoisotopic (exact) mass is 354 g/mol. The first-order valence-corrected chi connectivity index (χ1v) is 9.01. The van der Waals surface area contributed by atoms with Crippen LogP contribution < -0.4 is 9.64 Å². The summed E-state index contributed by atoms with van der Waals surface area (Å²) in [5, 5.41) is 11.3. The van der Waals surface area contributed by atoms with E-state index in [9.17, 15) is 10.1 Å². The lowest BCUT2D eigenvalue weighted by molar-refractivity contribution is -0.385. The summed E-state index contributed by atoms with van der Waals surface area (Å²) in [7, 11) is 0. The zero-order valence-electron chi connectivity index (χ0n) is 15.1. The number of ether oxygens (including phenoxy) is 2. The second-order valence-corrected chi connectivity index (χ2v) is 6.79. The maximum Gasteiger partial charge on any atom is 0.270 e. The van der Waals surface area contributed by atoms with Gasteiger partial charge in [-0.3, -0.25) is 10.1 Å². The Morgan fingerprint density at radius 3 is 2.62 bits per heavy atom. The molecule has 6 heteroatoms. The fourth-order valence-corrected chi connectivity index (χ4v) is 4.13. The molecule has 0 amide bonds. The van der Waals surface area contributed by atoms with Crippen molar-refractivity contribution in [3.63, 3.8) is 0 Å². The number of benzene rings is 2. The van der Waals surface area contributed by atoms with E-state index in [4.69, 9.17) is 9.47 Å². The molecule has 26 heavy (non-hydrogen) atoms. The fraction of sp³-hybridized carbons (Fsp3) is 0.400. The second-order valence-electron chi connectivity index (χ2n) is 6.79. The average Bonchev–Trinajstić information content (AvgIpc) is 2.66. The lowest BCUT2D eigenvalue weighted by Crippen LogP contribution is -2.52. The molecule has 2 atom stereocenters. The van der Waals surface area contributed by atoms with E-state index in [1.807, 2.05) is 19.1 Å². The standard InChI is InChI=1S/C20H22N2O4/c1-4-20(5-2)16-8-6-7-9-17(16)21-13(3)25-18-11-10-14(22(23)24)12-15(18)19(21)26-20/h6-13,19H,4-5H2,1-3H3/t13-,19+/m1/s1. The molecule has 2 aliphatic rings. The molecule has 2 aliphatic heterocycles. The number of hydrogen-bond acceptors (Lipinski definition) is 5. The Bertz CT molecular complexity index is 863. The number of para-hydroxylation sites is 1. The molecular formula is C20H22N2O4. The van der Waals surface area contributed by atoms with Gasteiger partial charge in [-0.05, 0) is 31.9 Å². The van der Waals surface area contributed by atoms with Crippen molar-refractivity contribution in [3.05, 3.63) is 63.7 Å². The highest BCUT2D eigenvalue weighted by Gasteiger charge is 2.47. The lowest BCUT2D eigenvalue weighted by atomic mass is 9.84. The molecule has 0 saturated carbocycles. The summed E-state index contributed by atoms with van der Waals surface area (Å²) >= 11 is 0. The number of fused-ring (bicyclic) bond motifs is 5. The van der Waals surface area contributed by atoms with Gasteiger partial charge in [0.25, 0.3) is 5.69 Å². The van der Waals surface area contributed by atoms with Crippen LogP contribution in [0.1, 0.15) is 51.0 Å². The fourth-order valence-electron chi connectivity index (χ4n) is 4.13. The Morgan fingerprint density at radius 1 is 1.19 bits per heavy atom. The van der Waals surface area contributed by atoms with Gasteiger partial charge in [-0.15, -0.1) is 0 Å². The number of anilines is 1. The number of nitrogens with zero attached hydrogens (tertiary/aromatic N) is 2. The lowest BCUT2D eigenvalue weighted by Gasteiger charge is -2.52. The third-order valence-electron chi connectivity index (χ3n) is 5.56. The van der Waals surface area contributed by atoms with Crippen LogP contribution in [0.3, 0.4) is 0 Å². The van der Waals surface area contributed by atoms with Crippen LogP contribution in [0, 0.1) is 10.1 Å². The van der Waals surface area contributed by atoms with Gasteiger partial charge in [0.15, 0.2) is 12.5 Å². The predicted octanol–water partition coefficient (Wildman–Crippen LogP) is 4.88. The molecule has 0 aromatic heterocycles. The minimum atomic E-state index is -0.420. The number of non-ortho nitro benzene ring substituents is 1. The molecule has 2 aromatic rings. The zero-order chi connectivity index (χ0) is 18.5. The predicted molar refractivity (Wildman–Crippen MR) is 98.2 cm³/mol. The van der Waals surface area contributed by atoms with E-state index < -0.39 is 11.8 Å². The van der Waals surface area contributed by atoms with E-state index >= 15 is 0 Å². The van der Waals surface area contributed by atoms with Crippen molar-refractivity contribution < 1.29 is 14.4 Å². The summed E-state index contributed by atoms with van der Waals surface area (Å²) in [6.45, 7) is 6.21. The molecule has 0 unspecified atom stereocenters. The number of nitro groups is 1. The maximum absolute atomic E-state index is 11.3. The molecule has 0 aliphatic carbocycles. The van der Waals surface area contributed by atoms with Crippen LogP contribution in [0.4, 0.5) is 11.4 Å². The summed E-state index contributed by atoms with van der Waals surface area (Å²) in [6.07, 6.45) is 1.000. The van der Waals surface area contributed by atoms with Gasteiger partial charge in [0.05, 0.1) is 16.1 Å². The first-order valence-electron chi connectivity index (χ1n) is 9.01. The van der Waals surface area contributed by atoms with Crippen molar-refractivity contribution in [1.82, 2.24) is 0 Å². The van der Waals surface area contributed by atoms with Gasteiger partial charge in [0.2, 0.25) is 0 Å². The first-order chi connectivity index (χ1) is 12.5. The third kappa shape index (κ3) is 2.29. The minimum Gasteiger partial charge on any atom is -0.470 e. The second kappa shape index (κ2) is 5.99. The Morgan fingerprint density at radius 2 is 1.92 bits per heavy atom. The molecule has 0 N–H and O–H groups in total. The topological polar surface area (TPSA) is 64.8 Å². The van der Waals surface area contributed by atoms with Crippen LogP contribution in [-0.2, 0) is 10.3 Å². The summed E-state index contributed by atoms with van der Waals surface area (Å²) in [4.78, 5) is 13.0. The van der Waals surface area contributed by atoms with Gasteiger partial charge in [0, 0.05) is 23.4 Å². The molecule has 0 saturated heterocycles. The number of nitro benzene ring substituents is 1. The van der Waals surface area contributed by atoms with Crippen LogP contribution >= 0.6 is 0 Å². The molecule has 0 fully saturated rings. The summed E-state index contributed by atoms with van der Waals surface area (Å²) in [5.74, 6) is 0.643. The van der Waals surface area contributed by atoms with E-state index in [1.165, 1.54) is 6.07 Å². The zero-order valence-corrected chi connectivity index (χ0v) is 15.1. The quantitative estimate of drug-likeness (QED) is 0.580. The van der Waals surface area contributed by atoms with Gasteiger partial charge in [-0.2, -0.15) is 0 Å². The van der Waals surface area contributed by atoms with Gasteiger partial charge >= 0.3 is 0 Å². The summed E-state index contributed by atoms with van der Waals surface area (Å²) in [5.41, 5.74) is 2.54. The van der Waals surface area contributed by atoms with Crippen molar-refractivity contribution in [1.29, 1.82) is 0 Å². The molecule has 0 bridgehead atoms. The maximum atomic E-state index is 11.3. The van der Waals surface area contributed by atoms with Crippen LogP contribution in [0.5, 0.6) is 5.75 Å². The smallest absolute Gasteiger partial charge is 0.270 e. The van der Waals surface area contributed by atoms with Crippen LogP contribution in [-0.4, -0.2) is 11.2 Å². The average molecular weight is 354 g/mol. The molecule has 4 rings (SSSR count). The van der Waals surface area contributed by atoms with E-state index in [0.29, 0.717) is 11.3 Å². The van der Waals surface area contributed by atoms with Gasteiger partial charge in [-0.25, -0.2) is 0 Å². The molecule has 2 heterocycles. The molecule has 136 valence electrons. The van der Waals surface area contributed by atoms with Gasteiger partial charge in [0.1, 0.15) is 5.75 Å². The van der Waals surface area contributed by atoms with Crippen LogP contribution in [0.25, 0.3) is 0 Å². The Balaban J connectivity index is 1.93. The van der Waals surface area contributed by atoms with Gasteiger partial charge < -0.3 is 14.4 Å². The van der Waals surface area contributed by atoms with E-state index in [-0.39, 0.29) is 16.8 Å². The number of hydrogen-bond donors (Lipinski definition) is 0. The summed E-state index contributed by atoms with van der Waals surface area (Å²) < 4.78 is 12.7. The van der Waals surface area contributed by atoms with Crippen molar-refractivity contribution >= 4 is 11.4 Å². The largest absolute Gasteiger partial charge is 0.470 e. The summed E-state index contributed by atoms with van der Waals surface area (Å²) in [6, 6.07) is 12.9. The highest BCUT2D eigenvalue weighted by molar-refractivity contribution is 5.62. The van der Waals surface area contributed by atoms with E-state index in [0.717, 1.165) is 24.1 Å². The molecular weight excluding hydrogens is 332 g/mol. The van der Waals surface area contributed by atoms with E-state index in [1.54, 1.807) is 12.1 Å². The third-order valence-corrected chi connectivity index (χ3v) is 5.56. The SMILES string of the molecule is CCC1(CC)O[C@H]2c3cc([N+](=O)[O-])ccc3O[C@H](C)N2c2ccccc21. The molecule has 0 radical (unpaired) electrons. The van der Waals surface area contributed by atoms with Crippen LogP contribution in [0.2, 0.25) is 0 Å². The highest BCUT2D eigenvalue weighted by atomic mass is 16.6. The Hall–Kier alpha value is -2.60. The Labute approximate surface area is 152 Å². The van der Waals surface area contributed by atoms with Crippen molar-refractivity contribution in [2.45, 2.75) is 51.7 Å². The molecule has 2 aromatic carbocycles. The van der Waals surface area contributed by atoms with Gasteiger partial charge in [-0.1, -0.05) is 32.0 Å². The van der Waals surface area contributed by atoms with Crippen molar-refractivity contribution in [3.8, 4) is 5.75 Å². The first kappa shape index (κ1) is 16.8. The van der Waals surface area contributed by atoms with Crippen molar-refractivity contribution in [2.75, 3.05) is 4.90 Å². The number of rotatable bonds is 3. The molecule has 6 nitrogen and oxygen atoms in total. The van der Waals surface area contributed by atoms with E-state index in [2.05, 4.69) is 30.9 Å². The Kier molecular flexibility index (Phi) is 3.88. The van der Waals surface area contributed by atoms with Crippen molar-refractivity contribution in [2.24, 2.45) is 0 Å². The highest BCUT2D eigenvalue weighted by Crippen LogP contribution is 2.53. The minimum absolute atomic E-state index is 0.0444. The molecule has 0 spiro atoms. The normalized spacial score (nSPS) is 22.7. The van der Waals surface area contributed by atoms with Crippen LogP contribution in [0.15, 0.2) is 42.5 Å².